The van der Waals surface area contributed by atoms with E-state index in [-0.39, 0.29) is 30.2 Å². The average Bonchev–Trinajstić information content (AvgIpc) is 3.71. The van der Waals surface area contributed by atoms with Gasteiger partial charge in [0.1, 0.15) is 11.6 Å². The molecular weight excluding hydrogens is 509 g/mol. The Morgan fingerprint density at radius 3 is 2.42 bits per heavy atom. The number of carbonyl (C=O) groups excluding carboxylic acids is 2. The molecule has 2 fully saturated rings. The number of nitrogens with zero attached hydrogens (tertiary/aromatic N) is 2. The molecule has 4 rings (SSSR count). The molecule has 0 atom stereocenters. The van der Waals surface area contributed by atoms with Gasteiger partial charge in [0.2, 0.25) is 5.60 Å². The summed E-state index contributed by atoms with van der Waals surface area (Å²) >= 11 is 6.07. The molecule has 2 aromatic rings. The monoisotopic (exact) mass is 530 g/mol. The molecule has 0 spiro atoms. The molecule has 9 nitrogen and oxygen atoms in total. The van der Waals surface area contributed by atoms with Crippen molar-refractivity contribution in [3.8, 4) is 11.4 Å². The predicted molar refractivity (Wildman–Crippen MR) is 119 cm³/mol. The van der Waals surface area contributed by atoms with Crippen LogP contribution < -0.4 is 16.0 Å². The van der Waals surface area contributed by atoms with Crippen molar-refractivity contribution < 1.29 is 37.0 Å². The lowest BCUT2D eigenvalue weighted by Crippen LogP contribution is -2.41. The molecule has 194 valence electrons. The SMILES string of the molecule is Cn1c(C(C)(F)F)cc(=O)n(-c2cc(OC3(C(=O)OCC(=O)OCC4CC4)CC3)c(Cl)cc2F)c1=O. The Kier molecular flexibility index (Phi) is 6.67. The number of hydrogen-bond donors (Lipinski definition) is 0. The summed E-state index contributed by atoms with van der Waals surface area (Å²) in [5.74, 6) is -6.08. The highest BCUT2D eigenvalue weighted by atomic mass is 35.5. The lowest BCUT2D eigenvalue weighted by Gasteiger charge is -2.20. The molecular formula is C23H22ClF3N2O7. The normalized spacial score (nSPS) is 16.4. The number of ether oxygens (including phenoxy) is 3. The fraction of sp³-hybridized carbons (Fsp3) is 0.478. The van der Waals surface area contributed by atoms with Crippen LogP contribution in [0.3, 0.4) is 0 Å². The van der Waals surface area contributed by atoms with Gasteiger partial charge >= 0.3 is 17.6 Å². The molecule has 0 aliphatic heterocycles. The second-order valence-corrected chi connectivity index (χ2v) is 9.37. The third-order valence-electron chi connectivity index (χ3n) is 5.89. The highest BCUT2D eigenvalue weighted by molar-refractivity contribution is 6.32. The van der Waals surface area contributed by atoms with Crippen LogP contribution in [0, 0.1) is 11.7 Å². The fourth-order valence-electron chi connectivity index (χ4n) is 3.50. The molecule has 0 unspecified atom stereocenters. The van der Waals surface area contributed by atoms with E-state index in [4.69, 9.17) is 25.8 Å². The Morgan fingerprint density at radius 1 is 1.17 bits per heavy atom. The van der Waals surface area contributed by atoms with Crippen LogP contribution in [-0.2, 0) is 32.0 Å². The van der Waals surface area contributed by atoms with E-state index in [1.807, 2.05) is 0 Å². The minimum atomic E-state index is -3.50. The van der Waals surface area contributed by atoms with E-state index < -0.39 is 58.5 Å². The maximum atomic E-state index is 14.8. The first-order chi connectivity index (χ1) is 16.8. The van der Waals surface area contributed by atoms with Gasteiger partial charge in [-0.2, -0.15) is 0 Å². The minimum absolute atomic E-state index is 0.202. The van der Waals surface area contributed by atoms with E-state index in [2.05, 4.69) is 0 Å². The number of benzene rings is 1. The zero-order valence-corrected chi connectivity index (χ0v) is 20.1. The minimum Gasteiger partial charge on any atom is -0.474 e. The largest absolute Gasteiger partial charge is 0.474 e. The molecule has 2 aliphatic carbocycles. The zero-order chi connectivity index (χ0) is 26.4. The molecule has 36 heavy (non-hydrogen) atoms. The predicted octanol–water partition coefficient (Wildman–Crippen LogP) is 2.85. The van der Waals surface area contributed by atoms with Crippen LogP contribution in [-0.4, -0.2) is 39.9 Å². The second-order valence-electron chi connectivity index (χ2n) is 8.97. The highest BCUT2D eigenvalue weighted by Crippen LogP contribution is 2.44. The van der Waals surface area contributed by atoms with Crippen LogP contribution in [0.25, 0.3) is 5.69 Å². The van der Waals surface area contributed by atoms with E-state index in [1.54, 1.807) is 0 Å². The van der Waals surface area contributed by atoms with Crippen molar-refractivity contribution >= 4 is 23.5 Å². The van der Waals surface area contributed by atoms with Crippen LogP contribution >= 0.6 is 11.6 Å². The number of rotatable bonds is 9. The summed E-state index contributed by atoms with van der Waals surface area (Å²) in [6, 6.07) is 2.20. The summed E-state index contributed by atoms with van der Waals surface area (Å²) in [5.41, 5.74) is -5.39. The van der Waals surface area contributed by atoms with Crippen molar-refractivity contribution in [1.82, 2.24) is 9.13 Å². The number of hydrogen-bond acceptors (Lipinski definition) is 7. The lowest BCUT2D eigenvalue weighted by atomic mass is 10.2. The van der Waals surface area contributed by atoms with Gasteiger partial charge in [0.25, 0.3) is 11.5 Å². The first kappa shape index (κ1) is 25.8. The van der Waals surface area contributed by atoms with Crippen molar-refractivity contribution in [3.05, 3.63) is 55.6 Å². The third-order valence-corrected chi connectivity index (χ3v) is 6.19. The van der Waals surface area contributed by atoms with Gasteiger partial charge in [0, 0.05) is 38.9 Å². The Hall–Kier alpha value is -3.28. The molecule has 0 radical (unpaired) electrons. The average molecular weight is 531 g/mol. The van der Waals surface area contributed by atoms with E-state index in [9.17, 15) is 32.3 Å². The third kappa shape index (κ3) is 5.28. The quantitative estimate of drug-likeness (QED) is 0.459. The lowest BCUT2D eigenvalue weighted by molar-refractivity contribution is -0.164. The number of halogens is 4. The smallest absolute Gasteiger partial charge is 0.351 e. The number of aromatic nitrogens is 2. The summed E-state index contributed by atoms with van der Waals surface area (Å²) < 4.78 is 58.9. The first-order valence-electron chi connectivity index (χ1n) is 11.0. The van der Waals surface area contributed by atoms with Gasteiger partial charge in [-0.3, -0.25) is 9.36 Å². The topological polar surface area (TPSA) is 106 Å². The Bertz CT molecular complexity index is 1340. The molecule has 0 bridgehead atoms. The molecule has 13 heteroatoms. The Morgan fingerprint density at radius 2 is 1.83 bits per heavy atom. The van der Waals surface area contributed by atoms with E-state index >= 15 is 0 Å². The van der Waals surface area contributed by atoms with E-state index in [0.717, 1.165) is 32.0 Å². The van der Waals surface area contributed by atoms with Gasteiger partial charge in [-0.15, -0.1) is 0 Å². The van der Waals surface area contributed by atoms with Gasteiger partial charge in [-0.05, 0) is 24.8 Å². The maximum Gasteiger partial charge on any atom is 0.351 e. The Labute approximate surface area is 207 Å². The summed E-state index contributed by atoms with van der Waals surface area (Å²) in [6.45, 7) is 0.169. The summed E-state index contributed by atoms with van der Waals surface area (Å²) in [6.07, 6.45) is 2.37. The van der Waals surface area contributed by atoms with Crippen molar-refractivity contribution in [2.45, 2.75) is 44.1 Å². The molecule has 1 aromatic heterocycles. The molecule has 1 heterocycles. The van der Waals surface area contributed by atoms with Crippen LogP contribution in [0.5, 0.6) is 5.75 Å². The van der Waals surface area contributed by atoms with Crippen LogP contribution in [0.1, 0.15) is 38.3 Å². The van der Waals surface area contributed by atoms with Gasteiger partial charge in [0.05, 0.1) is 23.0 Å². The number of carbonyl (C=O) groups is 2. The van der Waals surface area contributed by atoms with Crippen LogP contribution in [0.4, 0.5) is 13.2 Å². The molecule has 2 saturated carbocycles. The van der Waals surface area contributed by atoms with Crippen molar-refractivity contribution in [1.29, 1.82) is 0 Å². The maximum absolute atomic E-state index is 14.8. The van der Waals surface area contributed by atoms with Gasteiger partial charge < -0.3 is 14.2 Å². The summed E-state index contributed by atoms with van der Waals surface area (Å²) in [7, 11) is 1.01. The van der Waals surface area contributed by atoms with Crippen LogP contribution in [0.15, 0.2) is 27.8 Å². The van der Waals surface area contributed by atoms with Gasteiger partial charge in [-0.1, -0.05) is 11.6 Å². The Balaban J connectivity index is 1.57. The standard InChI is InChI=1S/C23H22ClF3N2O7/c1-22(26,27)17-9-18(30)29(21(33)28(17)2)15-8-16(13(24)7-14(15)25)36-23(5-6-23)20(32)35-11-19(31)34-10-12-3-4-12/h7-9,12H,3-6,10-11H2,1-2H3. The van der Waals surface area contributed by atoms with Gasteiger partial charge in [-0.25, -0.2) is 32.1 Å². The number of alkyl halides is 2. The number of esters is 2. The zero-order valence-electron chi connectivity index (χ0n) is 19.3. The first-order valence-corrected chi connectivity index (χ1v) is 11.4. The molecule has 0 saturated heterocycles. The van der Waals surface area contributed by atoms with Crippen molar-refractivity contribution in [3.63, 3.8) is 0 Å². The summed E-state index contributed by atoms with van der Waals surface area (Å²) in [5, 5.41) is -0.277. The van der Waals surface area contributed by atoms with Crippen LogP contribution in [0.2, 0.25) is 5.02 Å². The van der Waals surface area contributed by atoms with E-state index in [0.29, 0.717) is 28.0 Å². The van der Waals surface area contributed by atoms with Crippen molar-refractivity contribution in [2.75, 3.05) is 13.2 Å². The summed E-state index contributed by atoms with van der Waals surface area (Å²) in [4.78, 5) is 49.5. The van der Waals surface area contributed by atoms with Crippen molar-refractivity contribution in [2.24, 2.45) is 13.0 Å². The highest BCUT2D eigenvalue weighted by Gasteiger charge is 2.55. The fourth-order valence-corrected chi connectivity index (χ4v) is 3.69. The molecule has 2 aliphatic rings. The van der Waals surface area contributed by atoms with Gasteiger partial charge in [0.15, 0.2) is 6.61 Å². The molecule has 1 aromatic carbocycles. The van der Waals surface area contributed by atoms with E-state index in [1.165, 1.54) is 0 Å². The molecule has 0 N–H and O–H groups in total. The second kappa shape index (κ2) is 9.30. The molecule has 0 amide bonds.